The van der Waals surface area contributed by atoms with E-state index in [9.17, 15) is 0 Å². The number of aromatic nitrogens is 3. The van der Waals surface area contributed by atoms with Gasteiger partial charge in [0.05, 0.1) is 5.69 Å². The number of hydrogen-bond acceptors (Lipinski definition) is 3. The molecule has 0 aromatic carbocycles. The summed E-state index contributed by atoms with van der Waals surface area (Å²) >= 11 is 1.78. The lowest BCUT2D eigenvalue weighted by atomic mass is 10.1. The van der Waals surface area contributed by atoms with Crippen LogP contribution in [0.15, 0.2) is 6.20 Å². The molecule has 86 valence electrons. The van der Waals surface area contributed by atoms with Gasteiger partial charge in [0.25, 0.3) is 0 Å². The van der Waals surface area contributed by atoms with E-state index in [4.69, 9.17) is 0 Å². The molecule has 0 atom stereocenters. The summed E-state index contributed by atoms with van der Waals surface area (Å²) in [6.45, 7) is 5.55. The summed E-state index contributed by atoms with van der Waals surface area (Å²) in [7, 11) is 0. The maximum Gasteiger partial charge on any atom is 0.0925 e. The summed E-state index contributed by atoms with van der Waals surface area (Å²) in [4.78, 5) is 0. The number of aryl methyl sites for hydroxylation is 1. The molecule has 0 unspecified atom stereocenters. The maximum absolute atomic E-state index is 4.11. The van der Waals surface area contributed by atoms with Crippen LogP contribution in [0.1, 0.15) is 38.8 Å². The fourth-order valence-electron chi connectivity index (χ4n) is 1.49. The van der Waals surface area contributed by atoms with E-state index in [1.165, 1.54) is 19.3 Å². The standard InChI is InChI=1S/C11H21N3S/c1-10(2)6-4-5-7-14-8-11(9-15-3)12-13-14/h8,10H,4-7,9H2,1-3H3. The van der Waals surface area contributed by atoms with Gasteiger partial charge in [0.15, 0.2) is 0 Å². The molecule has 1 aromatic heterocycles. The predicted molar refractivity (Wildman–Crippen MR) is 65.9 cm³/mol. The fraction of sp³-hybridized carbons (Fsp3) is 0.818. The van der Waals surface area contributed by atoms with Crippen LogP contribution in [0.2, 0.25) is 0 Å². The molecule has 3 nitrogen and oxygen atoms in total. The summed E-state index contributed by atoms with van der Waals surface area (Å²) in [5.41, 5.74) is 1.09. The van der Waals surface area contributed by atoms with Crippen molar-refractivity contribution in [3.05, 3.63) is 11.9 Å². The summed E-state index contributed by atoms with van der Waals surface area (Å²) in [5.74, 6) is 1.78. The van der Waals surface area contributed by atoms with Crippen molar-refractivity contribution in [3.8, 4) is 0 Å². The lowest BCUT2D eigenvalue weighted by Gasteiger charge is -2.03. The van der Waals surface area contributed by atoms with Crippen LogP contribution in [0, 0.1) is 5.92 Å². The first-order valence-electron chi connectivity index (χ1n) is 5.60. The molecular weight excluding hydrogens is 206 g/mol. The molecule has 0 aliphatic rings. The Bertz CT molecular complexity index is 271. The Morgan fingerprint density at radius 1 is 1.40 bits per heavy atom. The summed E-state index contributed by atoms with van der Waals surface area (Å²) in [6.07, 6.45) is 7.95. The monoisotopic (exact) mass is 227 g/mol. The summed E-state index contributed by atoms with van der Waals surface area (Å²) < 4.78 is 1.96. The number of thioether (sulfide) groups is 1. The second-order valence-electron chi connectivity index (χ2n) is 4.30. The molecule has 0 aliphatic heterocycles. The van der Waals surface area contributed by atoms with Gasteiger partial charge < -0.3 is 0 Å². The van der Waals surface area contributed by atoms with Gasteiger partial charge in [-0.15, -0.1) is 5.10 Å². The van der Waals surface area contributed by atoms with Crippen LogP contribution in [-0.2, 0) is 12.3 Å². The molecule has 15 heavy (non-hydrogen) atoms. The Morgan fingerprint density at radius 2 is 2.20 bits per heavy atom. The fourth-order valence-corrected chi connectivity index (χ4v) is 1.92. The van der Waals surface area contributed by atoms with Crippen molar-refractivity contribution in [1.29, 1.82) is 0 Å². The van der Waals surface area contributed by atoms with Crippen LogP contribution in [0.3, 0.4) is 0 Å². The van der Waals surface area contributed by atoms with E-state index in [0.717, 1.165) is 23.9 Å². The first kappa shape index (κ1) is 12.6. The van der Waals surface area contributed by atoms with Gasteiger partial charge in [-0.2, -0.15) is 11.8 Å². The normalized spacial score (nSPS) is 11.2. The van der Waals surface area contributed by atoms with Crippen LogP contribution in [0.25, 0.3) is 0 Å². The zero-order valence-electron chi connectivity index (χ0n) is 9.94. The molecule has 0 bridgehead atoms. The van der Waals surface area contributed by atoms with Crippen molar-refractivity contribution < 1.29 is 0 Å². The Balaban J connectivity index is 2.19. The Morgan fingerprint density at radius 3 is 2.87 bits per heavy atom. The van der Waals surface area contributed by atoms with E-state index in [1.807, 2.05) is 4.68 Å². The predicted octanol–water partition coefficient (Wildman–Crippen LogP) is 2.97. The van der Waals surface area contributed by atoms with Crippen molar-refractivity contribution in [1.82, 2.24) is 15.0 Å². The highest BCUT2D eigenvalue weighted by atomic mass is 32.2. The van der Waals surface area contributed by atoms with Crippen LogP contribution in [-0.4, -0.2) is 21.2 Å². The quantitative estimate of drug-likeness (QED) is 0.671. The Labute approximate surface area is 96.6 Å². The zero-order valence-corrected chi connectivity index (χ0v) is 10.8. The third-order valence-electron chi connectivity index (χ3n) is 2.30. The molecule has 4 heteroatoms. The van der Waals surface area contributed by atoms with E-state index in [2.05, 4.69) is 36.6 Å². The first-order valence-corrected chi connectivity index (χ1v) is 6.99. The van der Waals surface area contributed by atoms with E-state index >= 15 is 0 Å². The van der Waals surface area contributed by atoms with Gasteiger partial charge in [-0.3, -0.25) is 4.68 Å². The molecule has 0 saturated carbocycles. The van der Waals surface area contributed by atoms with Crippen LogP contribution < -0.4 is 0 Å². The molecule has 0 radical (unpaired) electrons. The number of hydrogen-bond donors (Lipinski definition) is 0. The molecule has 1 rings (SSSR count). The van der Waals surface area contributed by atoms with E-state index in [0.29, 0.717) is 0 Å². The lowest BCUT2D eigenvalue weighted by molar-refractivity contribution is 0.485. The van der Waals surface area contributed by atoms with Gasteiger partial charge in [0.1, 0.15) is 0 Å². The molecule has 0 fully saturated rings. The van der Waals surface area contributed by atoms with Crippen LogP contribution in [0.4, 0.5) is 0 Å². The van der Waals surface area contributed by atoms with Gasteiger partial charge >= 0.3 is 0 Å². The van der Waals surface area contributed by atoms with E-state index < -0.39 is 0 Å². The van der Waals surface area contributed by atoms with E-state index in [1.54, 1.807) is 11.8 Å². The average molecular weight is 227 g/mol. The summed E-state index contributed by atoms with van der Waals surface area (Å²) in [5, 5.41) is 8.22. The highest BCUT2D eigenvalue weighted by Gasteiger charge is 2.00. The molecule has 1 aromatic rings. The molecule has 0 saturated heterocycles. The molecule has 0 N–H and O–H groups in total. The minimum atomic E-state index is 0.813. The highest BCUT2D eigenvalue weighted by Crippen LogP contribution is 2.08. The Kier molecular flexibility index (Phi) is 5.76. The molecular formula is C11H21N3S. The molecule has 0 spiro atoms. The van der Waals surface area contributed by atoms with Crippen LogP contribution >= 0.6 is 11.8 Å². The van der Waals surface area contributed by atoms with Crippen molar-refractivity contribution >= 4 is 11.8 Å². The van der Waals surface area contributed by atoms with Crippen molar-refractivity contribution in [2.45, 2.75) is 45.4 Å². The van der Waals surface area contributed by atoms with Crippen molar-refractivity contribution in [3.63, 3.8) is 0 Å². The largest absolute Gasteiger partial charge is 0.252 e. The highest BCUT2D eigenvalue weighted by molar-refractivity contribution is 7.97. The lowest BCUT2D eigenvalue weighted by Crippen LogP contribution is -1.99. The second-order valence-corrected chi connectivity index (χ2v) is 5.16. The van der Waals surface area contributed by atoms with Crippen molar-refractivity contribution in [2.75, 3.05) is 6.26 Å². The second kappa shape index (κ2) is 6.88. The SMILES string of the molecule is CSCc1cn(CCCCC(C)C)nn1. The topological polar surface area (TPSA) is 30.7 Å². The maximum atomic E-state index is 4.11. The van der Waals surface area contributed by atoms with Gasteiger partial charge in [-0.05, 0) is 18.6 Å². The third kappa shape index (κ3) is 5.21. The van der Waals surface area contributed by atoms with Gasteiger partial charge in [-0.1, -0.05) is 31.9 Å². The number of rotatable bonds is 7. The molecule has 0 amide bonds. The summed E-state index contributed by atoms with van der Waals surface area (Å²) in [6, 6.07) is 0. The smallest absolute Gasteiger partial charge is 0.0925 e. The van der Waals surface area contributed by atoms with Crippen LogP contribution in [0.5, 0.6) is 0 Å². The van der Waals surface area contributed by atoms with Gasteiger partial charge in [0.2, 0.25) is 0 Å². The van der Waals surface area contributed by atoms with E-state index in [-0.39, 0.29) is 0 Å². The number of unbranched alkanes of at least 4 members (excludes halogenated alkanes) is 1. The zero-order chi connectivity index (χ0) is 11.1. The molecule has 1 heterocycles. The first-order chi connectivity index (χ1) is 7.22. The minimum absolute atomic E-state index is 0.813. The van der Waals surface area contributed by atoms with Crippen molar-refractivity contribution in [2.24, 2.45) is 5.92 Å². The van der Waals surface area contributed by atoms with Gasteiger partial charge in [-0.25, -0.2) is 0 Å². The Hall–Kier alpha value is -0.510. The van der Waals surface area contributed by atoms with Gasteiger partial charge in [0, 0.05) is 18.5 Å². The average Bonchev–Trinajstić information content (AvgIpc) is 2.61. The minimum Gasteiger partial charge on any atom is -0.252 e. The number of nitrogens with zero attached hydrogens (tertiary/aromatic N) is 3. The molecule has 0 aliphatic carbocycles. The third-order valence-corrected chi connectivity index (χ3v) is 2.88.